The molecule has 0 amide bonds. The molecule has 13 heavy (non-hydrogen) atoms. The minimum absolute atomic E-state index is 0. The molecule has 0 aliphatic rings. The third-order valence-corrected chi connectivity index (χ3v) is 2.11. The lowest BCUT2D eigenvalue weighted by molar-refractivity contribution is 0.349. The largest absolute Gasteiger partial charge is 0.414 e. The predicted molar refractivity (Wildman–Crippen MR) is 55.1 cm³/mol. The number of hydrogen-bond acceptors (Lipinski definition) is 5. The van der Waals surface area contributed by atoms with E-state index in [-0.39, 0.29) is 18.4 Å². The van der Waals surface area contributed by atoms with E-state index in [1.165, 1.54) is 11.8 Å². The quantitative estimate of drug-likeness (QED) is 0.793. The molecule has 76 valence electrons. The van der Waals surface area contributed by atoms with Gasteiger partial charge in [-0.25, -0.2) is 0 Å². The molecule has 1 rings (SSSR count). The SMILES string of the molecule is CSc1nnc([C@H](N)C(C)C)o1.Cl. The Hall–Kier alpha value is -0.260. The highest BCUT2D eigenvalue weighted by Gasteiger charge is 2.16. The normalized spacial score (nSPS) is 12.7. The Balaban J connectivity index is 0.00000144. The van der Waals surface area contributed by atoms with Crippen LogP contribution in [0.4, 0.5) is 0 Å². The van der Waals surface area contributed by atoms with Gasteiger partial charge in [-0.2, -0.15) is 0 Å². The van der Waals surface area contributed by atoms with Crippen LogP contribution in [-0.2, 0) is 0 Å². The maximum absolute atomic E-state index is 5.80. The summed E-state index contributed by atoms with van der Waals surface area (Å²) in [5, 5.41) is 8.22. The summed E-state index contributed by atoms with van der Waals surface area (Å²) >= 11 is 1.42. The molecule has 0 unspecified atom stereocenters. The van der Waals surface area contributed by atoms with E-state index < -0.39 is 0 Å². The molecule has 0 saturated carbocycles. The van der Waals surface area contributed by atoms with Gasteiger partial charge in [-0.3, -0.25) is 0 Å². The monoisotopic (exact) mass is 223 g/mol. The predicted octanol–water partition coefficient (Wildman–Crippen LogP) is 1.87. The molecule has 0 bridgehead atoms. The van der Waals surface area contributed by atoms with Crippen LogP contribution in [0.15, 0.2) is 9.64 Å². The fraction of sp³-hybridized carbons (Fsp3) is 0.714. The third kappa shape index (κ3) is 3.17. The Morgan fingerprint density at radius 3 is 2.38 bits per heavy atom. The highest BCUT2D eigenvalue weighted by atomic mass is 35.5. The van der Waals surface area contributed by atoms with Gasteiger partial charge >= 0.3 is 0 Å². The van der Waals surface area contributed by atoms with E-state index in [1.807, 2.05) is 20.1 Å². The zero-order valence-corrected chi connectivity index (χ0v) is 9.48. The van der Waals surface area contributed by atoms with E-state index in [0.717, 1.165) is 0 Å². The fourth-order valence-corrected chi connectivity index (χ4v) is 1.01. The number of rotatable bonds is 3. The van der Waals surface area contributed by atoms with Crippen LogP contribution in [0.3, 0.4) is 0 Å². The van der Waals surface area contributed by atoms with Crippen molar-refractivity contribution >= 4 is 24.2 Å². The molecule has 2 N–H and O–H groups in total. The zero-order valence-electron chi connectivity index (χ0n) is 7.85. The van der Waals surface area contributed by atoms with Crippen LogP contribution >= 0.6 is 24.2 Å². The second-order valence-corrected chi connectivity index (χ2v) is 3.64. The number of nitrogens with two attached hydrogens (primary N) is 1. The van der Waals surface area contributed by atoms with Gasteiger partial charge in [-0.1, -0.05) is 25.6 Å². The molecular weight excluding hydrogens is 210 g/mol. The van der Waals surface area contributed by atoms with Crippen LogP contribution < -0.4 is 5.73 Å². The van der Waals surface area contributed by atoms with E-state index in [9.17, 15) is 0 Å². The van der Waals surface area contributed by atoms with Gasteiger partial charge in [-0.15, -0.1) is 22.6 Å². The summed E-state index contributed by atoms with van der Waals surface area (Å²) < 4.78 is 5.27. The molecule has 0 spiro atoms. The smallest absolute Gasteiger partial charge is 0.276 e. The van der Waals surface area contributed by atoms with Crippen molar-refractivity contribution in [3.8, 4) is 0 Å². The standard InChI is InChI=1S/C7H13N3OS.ClH/c1-4(2)5(8)6-9-10-7(11-6)12-3;/h4-5H,8H2,1-3H3;1H/t5-;/m1./s1. The van der Waals surface area contributed by atoms with Crippen molar-refractivity contribution in [3.05, 3.63) is 5.89 Å². The maximum Gasteiger partial charge on any atom is 0.276 e. The first-order chi connectivity index (χ1) is 5.65. The molecular formula is C7H14ClN3OS. The van der Waals surface area contributed by atoms with Gasteiger partial charge in [0.25, 0.3) is 5.22 Å². The summed E-state index contributed by atoms with van der Waals surface area (Å²) in [7, 11) is 0. The van der Waals surface area contributed by atoms with Crippen molar-refractivity contribution in [2.75, 3.05) is 6.26 Å². The van der Waals surface area contributed by atoms with Crippen molar-refractivity contribution < 1.29 is 4.42 Å². The molecule has 0 saturated heterocycles. The molecule has 6 heteroatoms. The zero-order chi connectivity index (χ0) is 9.14. The van der Waals surface area contributed by atoms with Crippen molar-refractivity contribution in [2.45, 2.75) is 25.1 Å². The number of aromatic nitrogens is 2. The number of hydrogen-bond donors (Lipinski definition) is 1. The Morgan fingerprint density at radius 2 is 2.00 bits per heavy atom. The third-order valence-electron chi connectivity index (χ3n) is 1.60. The van der Waals surface area contributed by atoms with Gasteiger partial charge in [0.1, 0.15) is 0 Å². The van der Waals surface area contributed by atoms with Gasteiger partial charge < -0.3 is 10.2 Å². The van der Waals surface area contributed by atoms with E-state index in [4.69, 9.17) is 10.2 Å². The van der Waals surface area contributed by atoms with Gasteiger partial charge in [0.15, 0.2) is 0 Å². The summed E-state index contributed by atoms with van der Waals surface area (Å²) in [6.07, 6.45) is 1.89. The van der Waals surface area contributed by atoms with Crippen LogP contribution in [-0.4, -0.2) is 16.5 Å². The highest BCUT2D eigenvalue weighted by molar-refractivity contribution is 7.98. The molecule has 1 aromatic heterocycles. The van der Waals surface area contributed by atoms with Crippen molar-refractivity contribution in [1.29, 1.82) is 0 Å². The Kier molecular flexibility index (Phi) is 5.36. The first kappa shape index (κ1) is 12.7. The minimum atomic E-state index is -0.154. The van der Waals surface area contributed by atoms with Gasteiger partial charge in [0.05, 0.1) is 6.04 Å². The summed E-state index contributed by atoms with van der Waals surface area (Å²) in [6, 6.07) is -0.154. The summed E-state index contributed by atoms with van der Waals surface area (Å²) in [4.78, 5) is 0. The van der Waals surface area contributed by atoms with Crippen LogP contribution in [0.1, 0.15) is 25.8 Å². The highest BCUT2D eigenvalue weighted by Crippen LogP contribution is 2.20. The van der Waals surface area contributed by atoms with Crippen LogP contribution in [0.25, 0.3) is 0 Å². The van der Waals surface area contributed by atoms with E-state index in [0.29, 0.717) is 17.0 Å². The minimum Gasteiger partial charge on any atom is -0.414 e. The molecule has 0 aliphatic carbocycles. The topological polar surface area (TPSA) is 64.9 Å². The van der Waals surface area contributed by atoms with E-state index in [2.05, 4.69) is 10.2 Å². The molecule has 0 aromatic carbocycles. The van der Waals surface area contributed by atoms with E-state index >= 15 is 0 Å². The fourth-order valence-electron chi connectivity index (χ4n) is 0.723. The summed E-state index contributed by atoms with van der Waals surface area (Å²) in [6.45, 7) is 4.04. The van der Waals surface area contributed by atoms with Gasteiger partial charge in [0, 0.05) is 0 Å². The second-order valence-electron chi connectivity index (χ2n) is 2.88. The van der Waals surface area contributed by atoms with E-state index in [1.54, 1.807) is 0 Å². The van der Waals surface area contributed by atoms with Crippen molar-refractivity contribution in [2.24, 2.45) is 11.7 Å². The molecule has 1 heterocycles. The Bertz CT molecular complexity index is 254. The first-order valence-corrected chi connectivity index (χ1v) is 5.00. The Labute approximate surface area is 88.1 Å². The van der Waals surface area contributed by atoms with Crippen molar-refractivity contribution in [1.82, 2.24) is 10.2 Å². The number of halogens is 1. The van der Waals surface area contributed by atoms with Crippen LogP contribution in [0.2, 0.25) is 0 Å². The van der Waals surface area contributed by atoms with Crippen molar-refractivity contribution in [3.63, 3.8) is 0 Å². The molecule has 1 aromatic rings. The molecule has 4 nitrogen and oxygen atoms in total. The van der Waals surface area contributed by atoms with Crippen LogP contribution in [0, 0.1) is 5.92 Å². The van der Waals surface area contributed by atoms with Gasteiger partial charge in [-0.05, 0) is 12.2 Å². The number of thioether (sulfide) groups is 1. The average Bonchev–Trinajstić information content (AvgIpc) is 2.50. The molecule has 0 fully saturated rings. The summed E-state index contributed by atoms with van der Waals surface area (Å²) in [5.74, 6) is 0.842. The second kappa shape index (κ2) is 5.47. The van der Waals surface area contributed by atoms with Gasteiger partial charge in [0.2, 0.25) is 5.89 Å². The molecule has 1 atom stereocenters. The number of nitrogens with zero attached hydrogens (tertiary/aromatic N) is 2. The lowest BCUT2D eigenvalue weighted by Gasteiger charge is -2.09. The lowest BCUT2D eigenvalue weighted by Crippen LogP contribution is -2.16. The molecule has 0 aliphatic heterocycles. The van der Waals surface area contributed by atoms with Crippen LogP contribution in [0.5, 0.6) is 0 Å². The Morgan fingerprint density at radius 1 is 1.38 bits per heavy atom. The molecule has 0 radical (unpaired) electrons. The summed E-state index contributed by atoms with van der Waals surface area (Å²) in [5.41, 5.74) is 5.80. The first-order valence-electron chi connectivity index (χ1n) is 3.78. The average molecular weight is 224 g/mol. The lowest BCUT2D eigenvalue weighted by atomic mass is 10.1. The maximum atomic E-state index is 5.80.